The molecule has 0 N–H and O–H groups in total. The lowest BCUT2D eigenvalue weighted by Crippen LogP contribution is -2.46. The topological polar surface area (TPSA) is 32.3 Å². The number of aryl methyl sites for hydroxylation is 2. The molecule has 0 bridgehead atoms. The molecule has 4 heteroatoms. The second-order valence-corrected chi connectivity index (χ2v) is 4.49. The first-order valence-corrected chi connectivity index (χ1v) is 6.09. The molecule has 0 atom stereocenters. The van der Waals surface area contributed by atoms with Gasteiger partial charge in [-0.1, -0.05) is 6.08 Å². The minimum Gasteiger partial charge on any atom is -0.354 e. The van der Waals surface area contributed by atoms with Gasteiger partial charge in [0.2, 0.25) is 0 Å². The zero-order valence-corrected chi connectivity index (χ0v) is 10.7. The largest absolute Gasteiger partial charge is 0.354 e. The fourth-order valence-corrected chi connectivity index (χ4v) is 2.20. The first kappa shape index (κ1) is 12.0. The Hall–Kier alpha value is -1.42. The number of piperazine rings is 1. The summed E-state index contributed by atoms with van der Waals surface area (Å²) in [5.41, 5.74) is 1.04. The predicted molar refractivity (Wildman–Crippen MR) is 70.4 cm³/mol. The molecule has 0 saturated carbocycles. The molecule has 1 aromatic heterocycles. The van der Waals surface area contributed by atoms with Crippen molar-refractivity contribution in [2.24, 2.45) is 0 Å². The molecule has 0 radical (unpaired) electrons. The Morgan fingerprint density at radius 1 is 1.24 bits per heavy atom. The number of aromatic nitrogens is 2. The van der Waals surface area contributed by atoms with Crippen molar-refractivity contribution in [3.63, 3.8) is 0 Å². The quantitative estimate of drug-likeness (QED) is 0.737. The van der Waals surface area contributed by atoms with Gasteiger partial charge in [0, 0.05) is 44.5 Å². The van der Waals surface area contributed by atoms with Gasteiger partial charge in [0.1, 0.15) is 11.6 Å². The monoisotopic (exact) mass is 232 g/mol. The highest BCUT2D eigenvalue weighted by atomic mass is 15.3. The molecule has 0 aliphatic carbocycles. The zero-order chi connectivity index (χ0) is 12.3. The molecule has 1 fully saturated rings. The second kappa shape index (κ2) is 5.27. The van der Waals surface area contributed by atoms with Gasteiger partial charge in [-0.05, 0) is 13.8 Å². The summed E-state index contributed by atoms with van der Waals surface area (Å²) < 4.78 is 0. The van der Waals surface area contributed by atoms with Crippen molar-refractivity contribution in [1.29, 1.82) is 0 Å². The molecular weight excluding hydrogens is 212 g/mol. The van der Waals surface area contributed by atoms with E-state index < -0.39 is 0 Å². The van der Waals surface area contributed by atoms with Gasteiger partial charge in [-0.3, -0.25) is 4.90 Å². The first-order chi connectivity index (χ1) is 8.19. The Morgan fingerprint density at radius 2 is 1.94 bits per heavy atom. The maximum atomic E-state index is 4.50. The summed E-state index contributed by atoms with van der Waals surface area (Å²) in [7, 11) is 0. The van der Waals surface area contributed by atoms with Crippen LogP contribution in [0.15, 0.2) is 18.7 Å². The van der Waals surface area contributed by atoms with Crippen molar-refractivity contribution in [2.45, 2.75) is 13.8 Å². The van der Waals surface area contributed by atoms with Crippen LogP contribution in [0.3, 0.4) is 0 Å². The van der Waals surface area contributed by atoms with Crippen molar-refractivity contribution >= 4 is 5.82 Å². The number of nitrogens with zero attached hydrogens (tertiary/aromatic N) is 4. The molecule has 0 spiro atoms. The van der Waals surface area contributed by atoms with Gasteiger partial charge < -0.3 is 4.90 Å². The minimum absolute atomic E-state index is 0.855. The highest BCUT2D eigenvalue weighted by Crippen LogP contribution is 2.14. The van der Waals surface area contributed by atoms with Crippen LogP contribution in [-0.2, 0) is 0 Å². The van der Waals surface area contributed by atoms with Crippen molar-refractivity contribution in [1.82, 2.24) is 14.9 Å². The van der Waals surface area contributed by atoms with Crippen LogP contribution in [0.1, 0.15) is 11.5 Å². The van der Waals surface area contributed by atoms with Gasteiger partial charge in [-0.15, -0.1) is 6.58 Å². The lowest BCUT2D eigenvalue weighted by Gasteiger charge is -2.34. The van der Waals surface area contributed by atoms with E-state index in [1.165, 1.54) is 0 Å². The summed E-state index contributed by atoms with van der Waals surface area (Å²) in [4.78, 5) is 13.6. The van der Waals surface area contributed by atoms with Crippen LogP contribution in [0.4, 0.5) is 5.82 Å². The molecule has 1 aliphatic rings. The van der Waals surface area contributed by atoms with Crippen LogP contribution in [0.25, 0.3) is 0 Å². The van der Waals surface area contributed by atoms with Crippen molar-refractivity contribution in [3.05, 3.63) is 30.2 Å². The van der Waals surface area contributed by atoms with Crippen molar-refractivity contribution in [2.75, 3.05) is 37.6 Å². The molecule has 0 amide bonds. The predicted octanol–water partition coefficient (Wildman–Crippen LogP) is 1.40. The van der Waals surface area contributed by atoms with E-state index in [0.29, 0.717) is 0 Å². The fraction of sp³-hybridized carbons (Fsp3) is 0.538. The molecule has 1 aliphatic heterocycles. The summed E-state index contributed by atoms with van der Waals surface area (Å²) in [6, 6.07) is 2.07. The number of rotatable bonds is 3. The molecular formula is C13H20N4. The van der Waals surface area contributed by atoms with Crippen LogP contribution in [0.2, 0.25) is 0 Å². The Bertz CT molecular complexity index is 374. The van der Waals surface area contributed by atoms with E-state index in [1.54, 1.807) is 0 Å². The van der Waals surface area contributed by atoms with E-state index in [2.05, 4.69) is 32.4 Å². The summed E-state index contributed by atoms with van der Waals surface area (Å²) in [5.74, 6) is 1.92. The van der Waals surface area contributed by atoms with Crippen LogP contribution < -0.4 is 4.90 Å². The van der Waals surface area contributed by atoms with Gasteiger partial charge in [-0.25, -0.2) is 9.97 Å². The molecule has 4 nitrogen and oxygen atoms in total. The maximum absolute atomic E-state index is 4.50. The summed E-state index contributed by atoms with van der Waals surface area (Å²) in [6.07, 6.45) is 1.97. The standard InChI is InChI=1S/C13H20N4/c1-4-5-16-6-8-17(9-7-16)13-10-11(2)14-12(3)15-13/h4,10H,1,5-9H2,2-3H3. The minimum atomic E-state index is 0.855. The van der Waals surface area contributed by atoms with Gasteiger partial charge in [-0.2, -0.15) is 0 Å². The third kappa shape index (κ3) is 3.03. The van der Waals surface area contributed by atoms with Gasteiger partial charge >= 0.3 is 0 Å². The lowest BCUT2D eigenvalue weighted by molar-refractivity contribution is 0.283. The summed E-state index contributed by atoms with van der Waals surface area (Å²) in [6.45, 7) is 12.9. The van der Waals surface area contributed by atoms with E-state index in [9.17, 15) is 0 Å². The maximum Gasteiger partial charge on any atom is 0.132 e. The smallest absolute Gasteiger partial charge is 0.132 e. The van der Waals surface area contributed by atoms with Crippen LogP contribution in [0.5, 0.6) is 0 Å². The van der Waals surface area contributed by atoms with E-state index in [0.717, 1.165) is 50.1 Å². The van der Waals surface area contributed by atoms with E-state index in [1.807, 2.05) is 19.9 Å². The highest BCUT2D eigenvalue weighted by molar-refractivity contribution is 5.40. The van der Waals surface area contributed by atoms with Crippen LogP contribution in [0, 0.1) is 13.8 Å². The molecule has 1 aromatic rings. The van der Waals surface area contributed by atoms with Crippen molar-refractivity contribution in [3.8, 4) is 0 Å². The molecule has 0 unspecified atom stereocenters. The fourth-order valence-electron chi connectivity index (χ4n) is 2.20. The zero-order valence-electron chi connectivity index (χ0n) is 10.7. The third-order valence-corrected chi connectivity index (χ3v) is 3.04. The molecule has 1 saturated heterocycles. The Morgan fingerprint density at radius 3 is 2.53 bits per heavy atom. The summed E-state index contributed by atoms with van der Waals surface area (Å²) >= 11 is 0. The first-order valence-electron chi connectivity index (χ1n) is 6.09. The van der Waals surface area contributed by atoms with Crippen molar-refractivity contribution < 1.29 is 0 Å². The summed E-state index contributed by atoms with van der Waals surface area (Å²) in [5, 5.41) is 0. The van der Waals surface area contributed by atoms with E-state index >= 15 is 0 Å². The molecule has 2 heterocycles. The normalized spacial score (nSPS) is 17.2. The Labute approximate surface area is 103 Å². The molecule has 17 heavy (non-hydrogen) atoms. The molecule has 2 rings (SSSR count). The Kier molecular flexibility index (Phi) is 3.74. The lowest BCUT2D eigenvalue weighted by atomic mass is 10.3. The van der Waals surface area contributed by atoms with E-state index in [-0.39, 0.29) is 0 Å². The van der Waals surface area contributed by atoms with Crippen LogP contribution >= 0.6 is 0 Å². The number of hydrogen-bond acceptors (Lipinski definition) is 4. The molecule has 0 aromatic carbocycles. The van der Waals surface area contributed by atoms with Crippen LogP contribution in [-0.4, -0.2) is 47.6 Å². The van der Waals surface area contributed by atoms with E-state index in [4.69, 9.17) is 0 Å². The second-order valence-electron chi connectivity index (χ2n) is 4.49. The average Bonchev–Trinajstić information content (AvgIpc) is 2.29. The average molecular weight is 232 g/mol. The number of hydrogen-bond donors (Lipinski definition) is 0. The third-order valence-electron chi connectivity index (χ3n) is 3.04. The number of anilines is 1. The molecule has 92 valence electrons. The van der Waals surface area contributed by atoms with Gasteiger partial charge in [0.15, 0.2) is 0 Å². The highest BCUT2D eigenvalue weighted by Gasteiger charge is 2.17. The SMILES string of the molecule is C=CCN1CCN(c2cc(C)nc(C)n2)CC1. The van der Waals surface area contributed by atoms with Gasteiger partial charge in [0.05, 0.1) is 0 Å². The van der Waals surface area contributed by atoms with Gasteiger partial charge in [0.25, 0.3) is 0 Å². The Balaban J connectivity index is 2.02.